The van der Waals surface area contributed by atoms with E-state index in [1.807, 2.05) is 52.3 Å². The maximum Gasteiger partial charge on any atom is 0.344 e. The molecule has 2 heterocycles. The molecule has 1 aromatic heterocycles. The first-order valence-corrected chi connectivity index (χ1v) is 16.0. The first-order valence-electron chi connectivity index (χ1n) is 14.3. The van der Waals surface area contributed by atoms with Crippen LogP contribution in [-0.4, -0.2) is 48.4 Å². The van der Waals surface area contributed by atoms with Gasteiger partial charge in [-0.05, 0) is 34.6 Å². The van der Waals surface area contributed by atoms with E-state index in [0.29, 0.717) is 23.8 Å². The van der Waals surface area contributed by atoms with Gasteiger partial charge in [0.2, 0.25) is 6.41 Å². The molecule has 0 saturated carbocycles. The average molecular weight is 595 g/mol. The molecule has 1 amide bonds. The molecule has 7 nitrogen and oxygen atoms in total. The van der Waals surface area contributed by atoms with Crippen LogP contribution in [0.4, 0.5) is 0 Å². The Morgan fingerprint density at radius 1 is 1.15 bits per heavy atom. The number of carbonyl (C=O) groups is 2. The Labute approximate surface area is 253 Å². The number of carboxylic acid groups (broad SMARTS) is 1. The molecule has 0 aromatic carbocycles. The molecule has 0 atom stereocenters. The fraction of sp³-hybridized carbons (Fsp3) is 0.677. The number of aromatic nitrogens is 3. The van der Waals surface area contributed by atoms with E-state index in [1.54, 1.807) is 18.1 Å². The number of allylic oxidation sites excluding steroid dienone is 2. The zero-order valence-corrected chi connectivity index (χ0v) is 28.6. The highest BCUT2D eigenvalue weighted by molar-refractivity contribution is 8.07. The number of aryl methyl sites for hydroxylation is 1. The SMILES string of the molecule is CC(C)N(C=O)C1=C(C(=O)O)SC(C#CC(C)(C)C)=CC1.CC(C)Sc1nncn1C.CCCC.CCCCC. The van der Waals surface area contributed by atoms with E-state index < -0.39 is 5.97 Å². The largest absolute Gasteiger partial charge is 0.477 e. The molecule has 0 fully saturated rings. The summed E-state index contributed by atoms with van der Waals surface area (Å²) in [6.45, 7) is 22.8. The molecule has 228 valence electrons. The van der Waals surface area contributed by atoms with Gasteiger partial charge >= 0.3 is 5.97 Å². The molecule has 0 unspecified atom stereocenters. The van der Waals surface area contributed by atoms with Crippen LogP contribution in [0.3, 0.4) is 0 Å². The van der Waals surface area contributed by atoms with Gasteiger partial charge in [0.25, 0.3) is 0 Å². The van der Waals surface area contributed by atoms with Crippen molar-refractivity contribution in [1.29, 1.82) is 0 Å². The quantitative estimate of drug-likeness (QED) is 0.174. The number of nitrogens with zero attached hydrogens (tertiary/aromatic N) is 4. The monoisotopic (exact) mass is 594 g/mol. The molecule has 9 heteroatoms. The fourth-order valence-corrected chi connectivity index (χ4v) is 4.26. The smallest absolute Gasteiger partial charge is 0.344 e. The van der Waals surface area contributed by atoms with Crippen molar-refractivity contribution in [2.24, 2.45) is 12.5 Å². The molecule has 0 saturated heterocycles. The van der Waals surface area contributed by atoms with Gasteiger partial charge in [-0.15, -0.1) is 10.2 Å². The second-order valence-corrected chi connectivity index (χ2v) is 13.4. The van der Waals surface area contributed by atoms with Gasteiger partial charge in [-0.25, -0.2) is 4.79 Å². The van der Waals surface area contributed by atoms with E-state index in [2.05, 4.69) is 63.6 Å². The summed E-state index contributed by atoms with van der Waals surface area (Å²) in [5.41, 5.74) is 0.389. The Kier molecular flexibility index (Phi) is 22.5. The molecule has 40 heavy (non-hydrogen) atoms. The third-order valence-electron chi connectivity index (χ3n) is 4.91. The number of amides is 1. The molecule has 0 spiro atoms. The van der Waals surface area contributed by atoms with Crippen LogP contribution >= 0.6 is 23.5 Å². The maximum absolute atomic E-state index is 11.5. The van der Waals surface area contributed by atoms with Crippen molar-refractivity contribution < 1.29 is 14.7 Å². The lowest BCUT2D eigenvalue weighted by molar-refractivity contribution is -0.131. The minimum absolute atomic E-state index is 0.0805. The Morgan fingerprint density at radius 3 is 2.05 bits per heavy atom. The van der Waals surface area contributed by atoms with Gasteiger partial charge in [0.05, 0.1) is 4.91 Å². The minimum Gasteiger partial charge on any atom is -0.477 e. The highest BCUT2D eigenvalue weighted by Gasteiger charge is 2.25. The summed E-state index contributed by atoms with van der Waals surface area (Å²) in [5.74, 6) is 5.09. The Morgan fingerprint density at radius 2 is 1.73 bits per heavy atom. The van der Waals surface area contributed by atoms with Crippen molar-refractivity contribution in [3.8, 4) is 11.8 Å². The number of carbonyl (C=O) groups excluding carboxylic acids is 1. The lowest BCUT2D eigenvalue weighted by atomic mass is 9.98. The molecule has 0 radical (unpaired) electrons. The summed E-state index contributed by atoms with van der Waals surface area (Å²) in [7, 11) is 1.95. The number of unbranched alkanes of at least 4 members (excludes halogenated alkanes) is 3. The number of aliphatic carboxylic acids is 1. The summed E-state index contributed by atoms with van der Waals surface area (Å²) < 4.78 is 1.92. The summed E-state index contributed by atoms with van der Waals surface area (Å²) >= 11 is 2.84. The summed E-state index contributed by atoms with van der Waals surface area (Å²) in [6, 6.07) is -0.0805. The van der Waals surface area contributed by atoms with Crippen LogP contribution < -0.4 is 0 Å². The molecule has 0 bridgehead atoms. The zero-order valence-electron chi connectivity index (χ0n) is 27.0. The number of rotatable bonds is 9. The number of thioether (sulfide) groups is 2. The van der Waals surface area contributed by atoms with Crippen LogP contribution in [0.15, 0.2) is 33.1 Å². The Hall–Kier alpha value is -2.18. The van der Waals surface area contributed by atoms with Crippen LogP contribution in [0.2, 0.25) is 0 Å². The first-order chi connectivity index (χ1) is 18.7. The molecular formula is C31H54N4O3S2. The van der Waals surface area contributed by atoms with Crippen molar-refractivity contribution in [3.63, 3.8) is 0 Å². The minimum atomic E-state index is -1.02. The molecule has 2 rings (SSSR count). The topological polar surface area (TPSA) is 88.3 Å². The van der Waals surface area contributed by atoms with E-state index in [1.165, 1.54) is 37.0 Å². The van der Waals surface area contributed by atoms with E-state index in [4.69, 9.17) is 0 Å². The van der Waals surface area contributed by atoms with Gasteiger partial charge in [0, 0.05) is 35.9 Å². The third kappa shape index (κ3) is 19.0. The standard InChI is InChI=1S/C16H21NO3S.C6H11N3S.C5H12.C4H10/c1-11(2)17(10-18)13-7-6-12(8-9-16(3,4)5)21-14(13)15(19)20;1-5(2)10-6-8-7-4-9(6)3;1-3-5-4-2;1-3-4-2/h6,10-11H,7H2,1-5H3,(H,19,20);4-5H,1-3H3;3-5H2,1-2H3;3-4H2,1-2H3. The third-order valence-corrected chi connectivity index (χ3v) is 7.06. The molecule has 1 aliphatic heterocycles. The van der Waals surface area contributed by atoms with Crippen LogP contribution in [-0.2, 0) is 16.6 Å². The van der Waals surface area contributed by atoms with Gasteiger partial charge < -0.3 is 14.6 Å². The van der Waals surface area contributed by atoms with Crippen molar-refractivity contribution in [2.75, 3.05) is 0 Å². The van der Waals surface area contributed by atoms with Gasteiger partial charge in [-0.3, -0.25) is 4.79 Å². The van der Waals surface area contributed by atoms with Crippen molar-refractivity contribution in [3.05, 3.63) is 27.9 Å². The highest BCUT2D eigenvalue weighted by atomic mass is 32.2. The summed E-state index contributed by atoms with van der Waals surface area (Å²) in [6.07, 6.45) is 11.4. The van der Waals surface area contributed by atoms with Crippen molar-refractivity contribution >= 4 is 35.9 Å². The lowest BCUT2D eigenvalue weighted by Crippen LogP contribution is -2.31. The fourth-order valence-electron chi connectivity index (χ4n) is 2.65. The predicted octanol–water partition coefficient (Wildman–Crippen LogP) is 8.54. The van der Waals surface area contributed by atoms with E-state index in [9.17, 15) is 14.7 Å². The summed E-state index contributed by atoms with van der Waals surface area (Å²) in [4.78, 5) is 25.0. The highest BCUT2D eigenvalue weighted by Crippen LogP contribution is 2.36. The molecule has 0 aliphatic carbocycles. The van der Waals surface area contributed by atoms with Crippen molar-refractivity contribution in [1.82, 2.24) is 19.7 Å². The first kappa shape index (κ1) is 40.0. The van der Waals surface area contributed by atoms with Crippen LogP contribution in [0, 0.1) is 17.3 Å². The second-order valence-electron chi connectivity index (χ2n) is 10.8. The van der Waals surface area contributed by atoms with Gasteiger partial charge in [-0.2, -0.15) is 0 Å². The van der Waals surface area contributed by atoms with Crippen LogP contribution in [0.25, 0.3) is 0 Å². The average Bonchev–Trinajstić information content (AvgIpc) is 3.27. The van der Waals surface area contributed by atoms with E-state index >= 15 is 0 Å². The Balaban J connectivity index is 0. The molecule has 1 aromatic rings. The Bertz CT molecular complexity index is 977. The second kappa shape index (κ2) is 22.5. The van der Waals surface area contributed by atoms with E-state index in [0.717, 1.165) is 21.8 Å². The predicted molar refractivity (Wildman–Crippen MR) is 173 cm³/mol. The number of carboxylic acids is 1. The molecule has 1 aliphatic rings. The maximum atomic E-state index is 11.5. The van der Waals surface area contributed by atoms with Gasteiger partial charge in [0.1, 0.15) is 11.2 Å². The van der Waals surface area contributed by atoms with E-state index in [-0.39, 0.29) is 16.4 Å². The number of hydrogen-bond acceptors (Lipinski definition) is 6. The van der Waals surface area contributed by atoms with Gasteiger partial charge in [-0.1, -0.05) is 115 Å². The van der Waals surface area contributed by atoms with Gasteiger partial charge in [0.15, 0.2) is 5.16 Å². The molecule has 1 N–H and O–H groups in total. The zero-order chi connectivity index (χ0) is 31.3. The molecular weight excluding hydrogens is 541 g/mol. The summed E-state index contributed by atoms with van der Waals surface area (Å²) in [5, 5.41) is 18.6. The number of hydrogen-bond donors (Lipinski definition) is 1. The van der Waals surface area contributed by atoms with Crippen LogP contribution in [0.5, 0.6) is 0 Å². The lowest BCUT2D eigenvalue weighted by Gasteiger charge is -2.27. The van der Waals surface area contributed by atoms with Crippen molar-refractivity contribution in [2.45, 2.75) is 131 Å². The van der Waals surface area contributed by atoms with Crippen LogP contribution in [0.1, 0.15) is 115 Å². The normalized spacial score (nSPS) is 12.5.